The number of aliphatic imine (C=N–C) groups is 1. The first-order valence-electron chi connectivity index (χ1n) is 8.19. The van der Waals surface area contributed by atoms with E-state index in [9.17, 15) is 4.39 Å². The highest BCUT2D eigenvalue weighted by Gasteiger charge is 2.06. The molecule has 0 aliphatic rings. The second-order valence-electron chi connectivity index (χ2n) is 6.25. The summed E-state index contributed by atoms with van der Waals surface area (Å²) in [4.78, 5) is 8.58. The van der Waals surface area contributed by atoms with Crippen molar-refractivity contribution >= 4 is 5.96 Å². The Balaban J connectivity index is 1.89. The molecule has 2 N–H and O–H groups in total. The van der Waals surface area contributed by atoms with Gasteiger partial charge >= 0.3 is 0 Å². The second-order valence-corrected chi connectivity index (χ2v) is 6.25. The van der Waals surface area contributed by atoms with Gasteiger partial charge in [-0.25, -0.2) is 9.37 Å². The summed E-state index contributed by atoms with van der Waals surface area (Å²) in [5.74, 6) is 2.00. The van der Waals surface area contributed by atoms with Crippen LogP contribution in [0.1, 0.15) is 30.8 Å². The van der Waals surface area contributed by atoms with Crippen molar-refractivity contribution in [2.75, 3.05) is 7.05 Å². The number of rotatable bonds is 6. The van der Waals surface area contributed by atoms with Gasteiger partial charge in [0.25, 0.3) is 0 Å². The first-order chi connectivity index (χ1) is 11.5. The van der Waals surface area contributed by atoms with Crippen LogP contribution in [0.3, 0.4) is 0 Å². The molecule has 0 fully saturated rings. The summed E-state index contributed by atoms with van der Waals surface area (Å²) in [6.45, 7) is 8.15. The van der Waals surface area contributed by atoms with Crippen molar-refractivity contribution in [3.05, 3.63) is 53.4 Å². The Labute approximate surface area is 143 Å². The molecule has 0 saturated heterocycles. The molecular weight excluding hydrogens is 305 g/mol. The number of nitrogens with zero attached hydrogens (tertiary/aromatic N) is 3. The lowest BCUT2D eigenvalue weighted by Gasteiger charge is -2.14. The predicted octanol–water partition coefficient (Wildman–Crippen LogP) is 2.85. The van der Waals surface area contributed by atoms with Gasteiger partial charge in [0.05, 0.1) is 6.54 Å². The second kappa shape index (κ2) is 8.47. The van der Waals surface area contributed by atoms with Gasteiger partial charge < -0.3 is 15.2 Å². The normalized spacial score (nSPS) is 11.8. The zero-order valence-corrected chi connectivity index (χ0v) is 14.8. The van der Waals surface area contributed by atoms with Gasteiger partial charge in [-0.05, 0) is 30.0 Å². The smallest absolute Gasteiger partial charge is 0.191 e. The van der Waals surface area contributed by atoms with Gasteiger partial charge in [0.15, 0.2) is 5.96 Å². The molecule has 2 aromatic rings. The van der Waals surface area contributed by atoms with Crippen LogP contribution in [0.2, 0.25) is 0 Å². The lowest BCUT2D eigenvalue weighted by atomic mass is 10.1. The van der Waals surface area contributed by atoms with Gasteiger partial charge in [-0.1, -0.05) is 26.0 Å². The summed E-state index contributed by atoms with van der Waals surface area (Å²) in [6.07, 6.45) is 3.80. The van der Waals surface area contributed by atoms with Crippen LogP contribution < -0.4 is 10.6 Å². The Morgan fingerprint density at radius 2 is 2.04 bits per heavy atom. The van der Waals surface area contributed by atoms with Crippen molar-refractivity contribution in [1.29, 1.82) is 0 Å². The fourth-order valence-corrected chi connectivity index (χ4v) is 2.38. The molecule has 1 aromatic heterocycles. The van der Waals surface area contributed by atoms with Gasteiger partial charge in [0.1, 0.15) is 11.6 Å². The predicted molar refractivity (Wildman–Crippen MR) is 95.2 cm³/mol. The molecule has 130 valence electrons. The average Bonchev–Trinajstić information content (AvgIpc) is 2.97. The molecule has 0 bridgehead atoms. The standard InChI is InChI=1S/C18H26FN5/c1-13(2)12-24-8-7-21-17(24)11-23-18(20-4)22-10-15-6-5-14(3)16(19)9-15/h5-9,13H,10-12H2,1-4H3,(H2,20,22,23). The van der Waals surface area contributed by atoms with E-state index in [1.165, 1.54) is 0 Å². The Morgan fingerprint density at radius 1 is 1.29 bits per heavy atom. The van der Waals surface area contributed by atoms with Crippen molar-refractivity contribution in [3.8, 4) is 0 Å². The monoisotopic (exact) mass is 331 g/mol. The van der Waals surface area contributed by atoms with Crippen molar-refractivity contribution < 1.29 is 4.39 Å². The first kappa shape index (κ1) is 18.0. The van der Waals surface area contributed by atoms with Crippen LogP contribution in [0.25, 0.3) is 0 Å². The number of halogens is 1. The molecule has 0 spiro atoms. The molecule has 1 heterocycles. The van der Waals surface area contributed by atoms with E-state index in [0.29, 0.717) is 30.5 Å². The minimum atomic E-state index is -0.187. The fraction of sp³-hybridized carbons (Fsp3) is 0.444. The number of aromatic nitrogens is 2. The molecule has 0 aliphatic carbocycles. The third-order valence-corrected chi connectivity index (χ3v) is 3.70. The Hall–Kier alpha value is -2.37. The number of guanidine groups is 1. The summed E-state index contributed by atoms with van der Waals surface area (Å²) in [6, 6.07) is 5.24. The number of benzene rings is 1. The molecule has 24 heavy (non-hydrogen) atoms. The maximum Gasteiger partial charge on any atom is 0.191 e. The van der Waals surface area contributed by atoms with Crippen LogP contribution in [-0.2, 0) is 19.6 Å². The Bertz CT molecular complexity index is 690. The van der Waals surface area contributed by atoms with Crippen LogP contribution >= 0.6 is 0 Å². The minimum Gasteiger partial charge on any atom is -0.352 e. The maximum absolute atomic E-state index is 13.6. The van der Waals surface area contributed by atoms with Crippen molar-refractivity contribution in [2.45, 2.75) is 40.4 Å². The number of hydrogen-bond acceptors (Lipinski definition) is 2. The SMILES string of the molecule is CN=C(NCc1ccc(C)c(F)c1)NCc1nccn1CC(C)C. The highest BCUT2D eigenvalue weighted by Crippen LogP contribution is 2.09. The van der Waals surface area contributed by atoms with E-state index in [1.807, 2.05) is 18.5 Å². The zero-order valence-electron chi connectivity index (χ0n) is 14.8. The van der Waals surface area contributed by atoms with Crippen molar-refractivity contribution in [1.82, 2.24) is 20.2 Å². The van der Waals surface area contributed by atoms with E-state index in [2.05, 4.69) is 39.0 Å². The first-order valence-corrected chi connectivity index (χ1v) is 8.19. The summed E-state index contributed by atoms with van der Waals surface area (Å²) in [5.41, 5.74) is 1.53. The van der Waals surface area contributed by atoms with Crippen molar-refractivity contribution in [2.24, 2.45) is 10.9 Å². The summed E-state index contributed by atoms with van der Waals surface area (Å²) in [7, 11) is 1.71. The fourth-order valence-electron chi connectivity index (χ4n) is 2.38. The number of imidazole rings is 1. The molecule has 0 unspecified atom stereocenters. The Morgan fingerprint density at radius 3 is 2.71 bits per heavy atom. The van der Waals surface area contributed by atoms with Gasteiger partial charge in [-0.15, -0.1) is 0 Å². The van der Waals surface area contributed by atoms with Crippen LogP contribution in [-0.4, -0.2) is 22.6 Å². The summed E-state index contributed by atoms with van der Waals surface area (Å²) in [5, 5.41) is 6.43. The van der Waals surface area contributed by atoms with E-state index in [4.69, 9.17) is 0 Å². The van der Waals surface area contributed by atoms with Crippen LogP contribution in [0, 0.1) is 18.7 Å². The molecule has 1 aromatic carbocycles. The van der Waals surface area contributed by atoms with Gasteiger partial charge in [-0.2, -0.15) is 0 Å². The van der Waals surface area contributed by atoms with E-state index in [0.717, 1.165) is 17.9 Å². The number of aryl methyl sites for hydroxylation is 1. The lowest BCUT2D eigenvalue weighted by molar-refractivity contribution is 0.503. The topological polar surface area (TPSA) is 54.2 Å². The molecule has 2 rings (SSSR count). The summed E-state index contributed by atoms with van der Waals surface area (Å²) < 4.78 is 15.7. The van der Waals surface area contributed by atoms with Gasteiger partial charge in [0, 0.05) is 32.5 Å². The average molecular weight is 331 g/mol. The van der Waals surface area contributed by atoms with Crippen molar-refractivity contribution in [3.63, 3.8) is 0 Å². The van der Waals surface area contributed by atoms with Gasteiger partial charge in [-0.3, -0.25) is 4.99 Å². The molecule has 0 amide bonds. The van der Waals surface area contributed by atoms with Crippen LogP contribution in [0.15, 0.2) is 35.6 Å². The molecule has 0 radical (unpaired) electrons. The van der Waals surface area contributed by atoms with E-state index in [1.54, 1.807) is 26.1 Å². The zero-order chi connectivity index (χ0) is 17.5. The number of nitrogens with one attached hydrogen (secondary N) is 2. The van der Waals surface area contributed by atoms with E-state index in [-0.39, 0.29) is 5.82 Å². The van der Waals surface area contributed by atoms with Crippen LogP contribution in [0.5, 0.6) is 0 Å². The number of hydrogen-bond donors (Lipinski definition) is 2. The lowest BCUT2D eigenvalue weighted by Crippen LogP contribution is -2.37. The molecule has 0 saturated carbocycles. The highest BCUT2D eigenvalue weighted by molar-refractivity contribution is 5.79. The summed E-state index contributed by atoms with van der Waals surface area (Å²) >= 11 is 0. The molecular formula is C18H26FN5. The minimum absolute atomic E-state index is 0.187. The molecule has 5 nitrogen and oxygen atoms in total. The molecule has 0 aliphatic heterocycles. The Kier molecular flexibility index (Phi) is 6.35. The third kappa shape index (κ3) is 5.08. The van der Waals surface area contributed by atoms with Crippen LogP contribution in [0.4, 0.5) is 4.39 Å². The largest absolute Gasteiger partial charge is 0.352 e. The molecule has 6 heteroatoms. The van der Waals surface area contributed by atoms with E-state index >= 15 is 0 Å². The highest BCUT2D eigenvalue weighted by atomic mass is 19.1. The van der Waals surface area contributed by atoms with E-state index < -0.39 is 0 Å². The van der Waals surface area contributed by atoms with Gasteiger partial charge in [0.2, 0.25) is 0 Å². The third-order valence-electron chi connectivity index (χ3n) is 3.70. The maximum atomic E-state index is 13.6. The quantitative estimate of drug-likeness (QED) is 0.632. The molecule has 0 atom stereocenters.